The summed E-state index contributed by atoms with van der Waals surface area (Å²) in [5.74, 6) is -0.915. The Kier molecular flexibility index (Phi) is 6.87. The second-order valence-electron chi connectivity index (χ2n) is 8.05. The third kappa shape index (κ3) is 4.69. The van der Waals surface area contributed by atoms with Crippen molar-refractivity contribution in [2.24, 2.45) is 5.73 Å². The fraction of sp³-hybridized carbons (Fsp3) is 0.429. The van der Waals surface area contributed by atoms with E-state index in [1.165, 1.54) is 11.0 Å². The number of nitrogens with two attached hydrogens (primary N) is 1. The highest BCUT2D eigenvalue weighted by Gasteiger charge is 2.47. The fourth-order valence-corrected chi connectivity index (χ4v) is 6.96. The Balaban J connectivity index is 1.62. The van der Waals surface area contributed by atoms with Crippen LogP contribution in [0.4, 0.5) is 0 Å². The number of hydrogen-bond donors (Lipinski definition) is 2. The van der Waals surface area contributed by atoms with Gasteiger partial charge in [0.2, 0.25) is 0 Å². The van der Waals surface area contributed by atoms with Crippen molar-refractivity contribution in [3.63, 3.8) is 0 Å². The first-order chi connectivity index (χ1) is 15.3. The van der Waals surface area contributed by atoms with Crippen LogP contribution in [0.25, 0.3) is 0 Å². The minimum Gasteiger partial charge on any atom is -0.350 e. The number of benzene rings is 1. The Labute approximate surface area is 196 Å². The maximum Gasteiger partial charge on any atom is 0.259 e. The average Bonchev–Trinajstić information content (AvgIpc) is 3.46. The molecule has 2 fully saturated rings. The predicted octanol–water partition coefficient (Wildman–Crippen LogP) is 2.26. The molecule has 1 aromatic heterocycles. The van der Waals surface area contributed by atoms with Gasteiger partial charge in [-0.2, -0.15) is 4.31 Å². The summed E-state index contributed by atoms with van der Waals surface area (Å²) in [6, 6.07) is 9.48. The van der Waals surface area contributed by atoms with E-state index in [0.29, 0.717) is 10.6 Å². The van der Waals surface area contributed by atoms with Crippen LogP contribution in [0.2, 0.25) is 5.02 Å². The molecule has 1 aliphatic carbocycles. The van der Waals surface area contributed by atoms with Crippen LogP contribution >= 0.6 is 22.9 Å². The number of sulfonamides is 1. The van der Waals surface area contributed by atoms with Gasteiger partial charge < -0.3 is 16.0 Å². The fourth-order valence-electron chi connectivity index (χ4n) is 4.17. The van der Waals surface area contributed by atoms with Crippen molar-refractivity contribution < 1.29 is 18.0 Å². The number of rotatable bonds is 5. The zero-order chi connectivity index (χ0) is 22.9. The molecule has 8 nitrogen and oxygen atoms in total. The molecule has 172 valence electrons. The van der Waals surface area contributed by atoms with Gasteiger partial charge in [0.15, 0.2) is 6.17 Å². The summed E-state index contributed by atoms with van der Waals surface area (Å²) >= 11 is 7.01. The summed E-state index contributed by atoms with van der Waals surface area (Å²) in [6.07, 6.45) is 1.77. The molecule has 32 heavy (non-hydrogen) atoms. The molecular formula is C21H25ClN4O4S2. The lowest BCUT2D eigenvalue weighted by Gasteiger charge is -2.32. The first-order valence-corrected chi connectivity index (χ1v) is 13.1. The molecule has 0 bridgehead atoms. The van der Waals surface area contributed by atoms with Crippen molar-refractivity contribution in [1.29, 1.82) is 0 Å². The van der Waals surface area contributed by atoms with E-state index in [1.807, 2.05) is 0 Å². The van der Waals surface area contributed by atoms with Gasteiger partial charge in [-0.25, -0.2) is 8.42 Å². The van der Waals surface area contributed by atoms with Crippen LogP contribution in [0.5, 0.6) is 0 Å². The van der Waals surface area contributed by atoms with Crippen molar-refractivity contribution in [3.8, 4) is 0 Å². The van der Waals surface area contributed by atoms with Crippen LogP contribution in [0, 0.1) is 0 Å². The predicted molar refractivity (Wildman–Crippen MR) is 123 cm³/mol. The maximum atomic E-state index is 13.4. The van der Waals surface area contributed by atoms with Crippen molar-refractivity contribution in [3.05, 3.63) is 52.4 Å². The smallest absolute Gasteiger partial charge is 0.259 e. The van der Waals surface area contributed by atoms with E-state index in [1.54, 1.807) is 35.7 Å². The summed E-state index contributed by atoms with van der Waals surface area (Å²) in [5.41, 5.74) is 6.30. The largest absolute Gasteiger partial charge is 0.350 e. The molecular weight excluding hydrogens is 472 g/mol. The zero-order valence-corrected chi connectivity index (χ0v) is 19.7. The number of carbonyl (C=O) groups excluding carboxylic acids is 2. The molecule has 1 atom stereocenters. The number of hydrogen-bond acceptors (Lipinski definition) is 6. The highest BCUT2D eigenvalue weighted by Crippen LogP contribution is 2.29. The molecule has 2 amide bonds. The quantitative estimate of drug-likeness (QED) is 0.659. The highest BCUT2D eigenvalue weighted by molar-refractivity contribution is 7.91. The molecule has 2 aromatic rings. The lowest BCUT2D eigenvalue weighted by atomic mass is 9.92. The third-order valence-corrected chi connectivity index (χ3v) is 9.37. The summed E-state index contributed by atoms with van der Waals surface area (Å²) in [4.78, 5) is 27.9. The number of carbonyl (C=O) groups is 2. The Bertz CT molecular complexity index is 1070. The van der Waals surface area contributed by atoms with Gasteiger partial charge in [-0.15, -0.1) is 11.3 Å². The number of thiophene rings is 1. The van der Waals surface area contributed by atoms with Gasteiger partial charge in [0, 0.05) is 35.8 Å². The lowest BCUT2D eigenvalue weighted by molar-refractivity contribution is -0.128. The Morgan fingerprint density at radius 2 is 1.75 bits per heavy atom. The molecule has 4 rings (SSSR count). The summed E-state index contributed by atoms with van der Waals surface area (Å²) < 4.78 is 27.8. The van der Waals surface area contributed by atoms with Crippen LogP contribution in [-0.4, -0.2) is 60.8 Å². The molecule has 3 N–H and O–H groups in total. The monoisotopic (exact) mass is 496 g/mol. The van der Waals surface area contributed by atoms with Crippen molar-refractivity contribution in [2.45, 2.75) is 48.1 Å². The van der Waals surface area contributed by atoms with E-state index >= 15 is 0 Å². The molecule has 0 radical (unpaired) electrons. The van der Waals surface area contributed by atoms with Gasteiger partial charge in [-0.3, -0.25) is 9.59 Å². The van der Waals surface area contributed by atoms with Crippen LogP contribution < -0.4 is 11.1 Å². The molecule has 2 aliphatic rings. The number of nitrogens with zero attached hydrogens (tertiary/aromatic N) is 2. The van der Waals surface area contributed by atoms with Crippen LogP contribution in [0.15, 0.2) is 46.0 Å². The lowest BCUT2D eigenvalue weighted by Crippen LogP contribution is -2.56. The van der Waals surface area contributed by atoms with E-state index in [2.05, 4.69) is 5.32 Å². The summed E-state index contributed by atoms with van der Waals surface area (Å²) in [5, 5.41) is 5.11. The number of amides is 2. The molecule has 0 spiro atoms. The molecule has 1 aromatic carbocycles. The SMILES string of the molecule is NC1CCC(NC(=O)C2N(C(=O)c3ccc(Cl)cc3)CCN2S(=O)(=O)c2cccs2)CC1. The molecule has 1 saturated heterocycles. The van der Waals surface area contributed by atoms with Crippen molar-refractivity contribution in [2.75, 3.05) is 13.1 Å². The van der Waals surface area contributed by atoms with Gasteiger partial charge in [-0.1, -0.05) is 17.7 Å². The summed E-state index contributed by atoms with van der Waals surface area (Å²) in [7, 11) is -3.94. The second kappa shape index (κ2) is 9.48. The van der Waals surface area contributed by atoms with E-state index < -0.39 is 28.0 Å². The molecule has 1 unspecified atom stereocenters. The zero-order valence-electron chi connectivity index (χ0n) is 17.3. The minimum atomic E-state index is -3.94. The van der Waals surface area contributed by atoms with E-state index in [-0.39, 0.29) is 29.4 Å². The average molecular weight is 497 g/mol. The topological polar surface area (TPSA) is 113 Å². The number of nitrogens with one attached hydrogen (secondary N) is 1. The van der Waals surface area contributed by atoms with Crippen LogP contribution in [-0.2, 0) is 14.8 Å². The molecule has 1 saturated carbocycles. The molecule has 1 aliphatic heterocycles. The first kappa shape index (κ1) is 23.2. The van der Waals surface area contributed by atoms with E-state index in [4.69, 9.17) is 17.3 Å². The molecule has 2 heterocycles. The minimum absolute atomic E-state index is 0.0349. The number of halogens is 1. The van der Waals surface area contributed by atoms with Crippen molar-refractivity contribution >= 4 is 44.8 Å². The standard InChI is InChI=1S/C21H25ClN4O4S2/c22-15-5-3-14(4-6-15)21(28)25-11-12-26(32(29,30)18-2-1-13-31-18)20(25)19(27)24-17-9-7-16(23)8-10-17/h1-6,13,16-17,20H,7-12,23H2,(H,24,27). The normalized spacial score (nSPS) is 24.4. The Morgan fingerprint density at radius 3 is 2.38 bits per heavy atom. The van der Waals surface area contributed by atoms with Gasteiger partial charge >= 0.3 is 0 Å². The van der Waals surface area contributed by atoms with Gasteiger partial charge in [-0.05, 0) is 61.4 Å². The van der Waals surface area contributed by atoms with Crippen LogP contribution in [0.3, 0.4) is 0 Å². The van der Waals surface area contributed by atoms with Crippen molar-refractivity contribution in [1.82, 2.24) is 14.5 Å². The third-order valence-electron chi connectivity index (χ3n) is 5.89. The van der Waals surface area contributed by atoms with Crippen LogP contribution in [0.1, 0.15) is 36.0 Å². The first-order valence-electron chi connectivity index (χ1n) is 10.4. The van der Waals surface area contributed by atoms with Gasteiger partial charge in [0.25, 0.3) is 21.8 Å². The van der Waals surface area contributed by atoms with E-state index in [9.17, 15) is 18.0 Å². The van der Waals surface area contributed by atoms with E-state index in [0.717, 1.165) is 41.3 Å². The van der Waals surface area contributed by atoms with Gasteiger partial charge in [0.05, 0.1) is 0 Å². The Hall–Kier alpha value is -1.98. The highest BCUT2D eigenvalue weighted by atomic mass is 35.5. The maximum absolute atomic E-state index is 13.4. The Morgan fingerprint density at radius 1 is 1.06 bits per heavy atom. The molecule has 11 heteroatoms. The summed E-state index contributed by atoms with van der Waals surface area (Å²) in [6.45, 7) is 0.146. The van der Waals surface area contributed by atoms with Gasteiger partial charge in [0.1, 0.15) is 4.21 Å². The second-order valence-corrected chi connectivity index (χ2v) is 11.5.